The average Bonchev–Trinajstić information content (AvgIpc) is 2.35. The van der Waals surface area contributed by atoms with Gasteiger partial charge < -0.3 is 0 Å². The van der Waals surface area contributed by atoms with Crippen LogP contribution in [-0.2, 0) is 11.8 Å². The van der Waals surface area contributed by atoms with Gasteiger partial charge in [0.1, 0.15) is 0 Å². The van der Waals surface area contributed by atoms with Gasteiger partial charge in [-0.15, -0.1) is 0 Å². The Morgan fingerprint density at radius 2 is 2.15 bits per heavy atom. The van der Waals surface area contributed by atoms with E-state index >= 15 is 0 Å². The van der Waals surface area contributed by atoms with Crippen LogP contribution in [0.15, 0.2) is 6.07 Å². The Balaban J connectivity index is 2.64. The van der Waals surface area contributed by atoms with Crippen molar-refractivity contribution >= 4 is 11.6 Å². The van der Waals surface area contributed by atoms with Crippen LogP contribution >= 0.6 is 11.6 Å². The summed E-state index contributed by atoms with van der Waals surface area (Å²) in [5, 5.41) is 0.933. The van der Waals surface area contributed by atoms with Crippen LogP contribution < -0.4 is 0 Å². The molecule has 0 aliphatic heterocycles. The molecule has 0 unspecified atom stereocenters. The lowest BCUT2D eigenvalue weighted by molar-refractivity contribution is 0.522. The van der Waals surface area contributed by atoms with Gasteiger partial charge in [0.2, 0.25) is 0 Å². The summed E-state index contributed by atoms with van der Waals surface area (Å²) in [5.41, 5.74) is 4.12. The summed E-state index contributed by atoms with van der Waals surface area (Å²) in [5.74, 6) is 0. The average molecular weight is 194 g/mol. The van der Waals surface area contributed by atoms with E-state index in [9.17, 15) is 0 Å². The topological polar surface area (TPSA) is 0 Å². The predicted molar refractivity (Wildman–Crippen MR) is 56.4 cm³/mol. The van der Waals surface area contributed by atoms with E-state index in [0.29, 0.717) is 5.41 Å². The van der Waals surface area contributed by atoms with Crippen LogP contribution in [0, 0.1) is 13.0 Å². The third-order valence-corrected chi connectivity index (χ3v) is 3.59. The number of aryl methyl sites for hydroxylation is 1. The highest BCUT2D eigenvalue weighted by Crippen LogP contribution is 2.41. The fourth-order valence-electron chi connectivity index (χ4n) is 2.10. The quantitative estimate of drug-likeness (QED) is 0.590. The molecule has 0 fully saturated rings. The molecule has 13 heavy (non-hydrogen) atoms. The summed E-state index contributed by atoms with van der Waals surface area (Å²) < 4.78 is 0. The summed E-state index contributed by atoms with van der Waals surface area (Å²) in [6, 6.07) is 5.34. The lowest BCUT2D eigenvalue weighted by Crippen LogP contribution is -2.11. The van der Waals surface area contributed by atoms with Crippen molar-refractivity contribution in [3.63, 3.8) is 0 Å². The third-order valence-electron chi connectivity index (χ3n) is 3.08. The van der Waals surface area contributed by atoms with Crippen molar-refractivity contribution in [3.05, 3.63) is 33.8 Å². The molecule has 1 aromatic carbocycles. The minimum absolute atomic E-state index is 0.295. The van der Waals surface area contributed by atoms with Crippen molar-refractivity contribution in [1.82, 2.24) is 0 Å². The van der Waals surface area contributed by atoms with E-state index < -0.39 is 0 Å². The highest BCUT2D eigenvalue weighted by molar-refractivity contribution is 6.32. The molecule has 1 radical (unpaired) electrons. The Kier molecular flexibility index (Phi) is 1.92. The fourth-order valence-corrected chi connectivity index (χ4v) is 2.35. The number of hydrogen-bond acceptors (Lipinski definition) is 0. The first kappa shape index (κ1) is 9.08. The van der Waals surface area contributed by atoms with Crippen molar-refractivity contribution in [2.24, 2.45) is 0 Å². The molecule has 0 saturated heterocycles. The maximum absolute atomic E-state index is 6.23. The molecule has 1 aliphatic carbocycles. The van der Waals surface area contributed by atoms with Gasteiger partial charge in [0.05, 0.1) is 0 Å². The molecule has 1 heteroatoms. The largest absolute Gasteiger partial charge is 0.0837 e. The number of hydrogen-bond donors (Lipinski definition) is 0. The van der Waals surface area contributed by atoms with Crippen LogP contribution in [0.1, 0.15) is 37.0 Å². The summed E-state index contributed by atoms with van der Waals surface area (Å²) in [4.78, 5) is 0. The Hall–Kier alpha value is -0.490. The van der Waals surface area contributed by atoms with Crippen LogP contribution in [0.5, 0.6) is 0 Å². The van der Waals surface area contributed by atoms with Crippen LogP contribution in [0.25, 0.3) is 0 Å². The van der Waals surface area contributed by atoms with Gasteiger partial charge in [0, 0.05) is 5.02 Å². The van der Waals surface area contributed by atoms with Crippen molar-refractivity contribution in [2.45, 2.75) is 39.0 Å². The van der Waals surface area contributed by atoms with Crippen LogP contribution in [0.4, 0.5) is 0 Å². The van der Waals surface area contributed by atoms with E-state index in [-0.39, 0.29) is 0 Å². The lowest BCUT2D eigenvalue weighted by atomic mass is 9.86. The molecule has 0 aromatic heterocycles. The van der Waals surface area contributed by atoms with Gasteiger partial charge in [-0.2, -0.15) is 0 Å². The molecule has 2 rings (SSSR count). The molecular formula is C12H14Cl. The highest BCUT2D eigenvalue weighted by Gasteiger charge is 2.31. The fraction of sp³-hybridized carbons (Fsp3) is 0.500. The molecule has 0 nitrogen and oxygen atoms in total. The second-order valence-corrected chi connectivity index (χ2v) is 4.88. The zero-order valence-corrected chi connectivity index (χ0v) is 9.13. The molecule has 0 spiro atoms. The van der Waals surface area contributed by atoms with E-state index in [1.165, 1.54) is 17.5 Å². The second-order valence-electron chi connectivity index (χ2n) is 4.50. The predicted octanol–water partition coefficient (Wildman–Crippen LogP) is 3.67. The third kappa shape index (κ3) is 1.28. The monoisotopic (exact) mass is 193 g/mol. The Labute approximate surface area is 84.9 Å². The summed E-state index contributed by atoms with van der Waals surface area (Å²) in [6.45, 7) is 6.57. The van der Waals surface area contributed by atoms with Gasteiger partial charge in [0.15, 0.2) is 0 Å². The van der Waals surface area contributed by atoms with Gasteiger partial charge in [-0.05, 0) is 54.0 Å². The first-order valence-corrected chi connectivity index (χ1v) is 5.10. The SMILES string of the molecule is Cc1[c]cc2c(c1Cl)CCC2(C)C. The van der Waals surface area contributed by atoms with Crippen molar-refractivity contribution in [1.29, 1.82) is 0 Å². The van der Waals surface area contributed by atoms with E-state index in [4.69, 9.17) is 11.6 Å². The van der Waals surface area contributed by atoms with E-state index in [2.05, 4.69) is 26.0 Å². The van der Waals surface area contributed by atoms with Gasteiger partial charge >= 0.3 is 0 Å². The standard InChI is InChI=1S/C12H14Cl/c1-8-4-5-10-9(11(8)13)6-7-12(10,2)3/h5H,6-7H2,1-3H3. The molecule has 0 amide bonds. The molecule has 0 N–H and O–H groups in total. The minimum Gasteiger partial charge on any atom is -0.0837 e. The summed E-state index contributed by atoms with van der Waals surface area (Å²) in [6.07, 6.45) is 2.33. The molecule has 0 bridgehead atoms. The molecule has 69 valence electrons. The first-order chi connectivity index (χ1) is 6.02. The first-order valence-electron chi connectivity index (χ1n) is 4.72. The maximum atomic E-state index is 6.23. The molecule has 1 aromatic rings. The van der Waals surface area contributed by atoms with Crippen molar-refractivity contribution in [3.8, 4) is 0 Å². The maximum Gasteiger partial charge on any atom is 0.0476 e. The Bertz CT molecular complexity index is 350. The van der Waals surface area contributed by atoms with E-state index in [1.807, 2.05) is 6.92 Å². The van der Waals surface area contributed by atoms with Crippen LogP contribution in [0.3, 0.4) is 0 Å². The lowest BCUT2D eigenvalue weighted by Gasteiger charge is -2.19. The summed E-state index contributed by atoms with van der Waals surface area (Å²) in [7, 11) is 0. The molecule has 0 saturated carbocycles. The highest BCUT2D eigenvalue weighted by atomic mass is 35.5. The minimum atomic E-state index is 0.295. The van der Waals surface area contributed by atoms with Gasteiger partial charge in [0.25, 0.3) is 0 Å². The van der Waals surface area contributed by atoms with Crippen LogP contribution in [0.2, 0.25) is 5.02 Å². The van der Waals surface area contributed by atoms with Crippen molar-refractivity contribution < 1.29 is 0 Å². The molecular weight excluding hydrogens is 180 g/mol. The van der Waals surface area contributed by atoms with Crippen LogP contribution in [-0.4, -0.2) is 0 Å². The number of rotatable bonds is 0. The number of benzene rings is 1. The van der Waals surface area contributed by atoms with Crippen molar-refractivity contribution in [2.75, 3.05) is 0 Å². The zero-order chi connectivity index (χ0) is 9.64. The number of halogens is 1. The smallest absolute Gasteiger partial charge is 0.0476 e. The molecule has 0 heterocycles. The Morgan fingerprint density at radius 1 is 1.46 bits per heavy atom. The normalized spacial score (nSPS) is 18.8. The second kappa shape index (κ2) is 2.75. The molecule has 0 atom stereocenters. The van der Waals surface area contributed by atoms with Gasteiger partial charge in [-0.25, -0.2) is 0 Å². The van der Waals surface area contributed by atoms with E-state index in [0.717, 1.165) is 17.0 Å². The van der Waals surface area contributed by atoms with Gasteiger partial charge in [-0.1, -0.05) is 25.4 Å². The van der Waals surface area contributed by atoms with E-state index in [1.54, 1.807) is 0 Å². The van der Waals surface area contributed by atoms with Gasteiger partial charge in [-0.3, -0.25) is 0 Å². The summed E-state index contributed by atoms with van der Waals surface area (Å²) >= 11 is 6.23. The zero-order valence-electron chi connectivity index (χ0n) is 8.37. The number of fused-ring (bicyclic) bond motifs is 1. The Morgan fingerprint density at radius 3 is 2.85 bits per heavy atom. The molecule has 1 aliphatic rings.